The number of benzene rings is 1. The Kier molecular flexibility index (Phi) is 13.4. The Labute approximate surface area is 197 Å². The average Bonchev–Trinajstić information content (AvgIpc) is 2.79. The molecule has 190 valence electrons. The molecule has 0 fully saturated rings. The average molecular weight is 488 g/mol. The Bertz CT molecular complexity index is 815. The van der Waals surface area contributed by atoms with E-state index in [0.29, 0.717) is 44.0 Å². The monoisotopic (exact) mass is 487 g/mol. The van der Waals surface area contributed by atoms with E-state index < -0.39 is 12.1 Å². The normalized spacial score (nSPS) is 18.3. The molecule has 0 radical (unpaired) electrons. The van der Waals surface area contributed by atoms with Crippen molar-refractivity contribution in [1.29, 1.82) is 0 Å². The van der Waals surface area contributed by atoms with Crippen LogP contribution in [0.2, 0.25) is 0 Å². The number of nitrogens with zero attached hydrogens (tertiary/aromatic N) is 1. The maximum atomic E-state index is 12.7. The molecule has 0 atom stereocenters. The van der Waals surface area contributed by atoms with E-state index in [0.717, 1.165) is 32.2 Å². The van der Waals surface area contributed by atoms with E-state index in [4.69, 9.17) is 14.6 Å². The van der Waals surface area contributed by atoms with Gasteiger partial charge in [0.05, 0.1) is 5.56 Å². The van der Waals surface area contributed by atoms with Gasteiger partial charge in [-0.15, -0.1) is 0 Å². The van der Waals surface area contributed by atoms with E-state index in [9.17, 15) is 22.8 Å². The zero-order valence-corrected chi connectivity index (χ0v) is 19.2. The molecular formula is C23H32F3N3O5. The van der Waals surface area contributed by atoms with Crippen molar-refractivity contribution < 1.29 is 37.4 Å². The number of hydrogen-bond acceptors (Lipinski definition) is 5. The number of para-hydroxylation sites is 1. The number of carbonyl (C=O) groups excluding carboxylic acids is 2. The molecule has 2 amide bonds. The van der Waals surface area contributed by atoms with Crippen molar-refractivity contribution in [3.05, 3.63) is 42.0 Å². The highest BCUT2D eigenvalue weighted by atomic mass is 19.4. The molecule has 1 aliphatic rings. The van der Waals surface area contributed by atoms with Crippen LogP contribution in [0.5, 0.6) is 5.75 Å². The lowest BCUT2D eigenvalue weighted by Crippen LogP contribution is -2.29. The van der Waals surface area contributed by atoms with Crippen molar-refractivity contribution in [3.63, 3.8) is 0 Å². The van der Waals surface area contributed by atoms with Gasteiger partial charge in [-0.25, -0.2) is 4.79 Å². The summed E-state index contributed by atoms with van der Waals surface area (Å²) >= 11 is 0. The van der Waals surface area contributed by atoms with Gasteiger partial charge in [0, 0.05) is 39.6 Å². The topological polar surface area (TPSA) is 108 Å². The van der Waals surface area contributed by atoms with Gasteiger partial charge in [-0.05, 0) is 25.0 Å². The third-order valence-corrected chi connectivity index (χ3v) is 4.74. The highest BCUT2D eigenvalue weighted by Crippen LogP contribution is 2.20. The molecule has 8 nitrogen and oxygen atoms in total. The second-order valence-electron chi connectivity index (χ2n) is 7.53. The lowest BCUT2D eigenvalue weighted by Gasteiger charge is -2.19. The Hall–Kier alpha value is -3.08. The first-order valence-electron chi connectivity index (χ1n) is 11.0. The number of nitrogens with one attached hydrogen (secondary N) is 2. The zero-order chi connectivity index (χ0) is 25.4. The lowest BCUT2D eigenvalue weighted by molar-refractivity contribution is -0.192. The first-order valence-corrected chi connectivity index (χ1v) is 11.0. The molecule has 0 bridgehead atoms. The van der Waals surface area contributed by atoms with E-state index in [2.05, 4.69) is 10.6 Å². The molecule has 0 spiro atoms. The predicted molar refractivity (Wildman–Crippen MR) is 121 cm³/mol. The van der Waals surface area contributed by atoms with Crippen LogP contribution >= 0.6 is 0 Å². The number of hydrogen-bond donors (Lipinski definition) is 3. The van der Waals surface area contributed by atoms with Crippen molar-refractivity contribution >= 4 is 17.8 Å². The molecular weight excluding hydrogens is 455 g/mol. The summed E-state index contributed by atoms with van der Waals surface area (Å²) in [6.07, 6.45) is 3.29. The van der Waals surface area contributed by atoms with Gasteiger partial charge in [-0.2, -0.15) is 13.2 Å². The Balaban J connectivity index is 0.000000718. The Morgan fingerprint density at radius 1 is 1.06 bits per heavy atom. The lowest BCUT2D eigenvalue weighted by atomic mass is 10.1. The van der Waals surface area contributed by atoms with Crippen LogP contribution in [0.15, 0.2) is 36.4 Å². The van der Waals surface area contributed by atoms with Crippen LogP contribution in [-0.4, -0.2) is 73.8 Å². The number of halogens is 3. The molecule has 0 unspecified atom stereocenters. The number of rotatable bonds is 0. The number of carboxylic acids is 1. The van der Waals surface area contributed by atoms with Gasteiger partial charge in [0.25, 0.3) is 5.91 Å². The summed E-state index contributed by atoms with van der Waals surface area (Å²) in [6.45, 7) is 3.17. The van der Waals surface area contributed by atoms with E-state index >= 15 is 0 Å². The predicted octanol–water partition coefficient (Wildman–Crippen LogP) is 3.00. The zero-order valence-electron chi connectivity index (χ0n) is 19.2. The number of alkyl halides is 3. The van der Waals surface area contributed by atoms with Gasteiger partial charge >= 0.3 is 12.1 Å². The molecule has 1 aromatic rings. The third-order valence-electron chi connectivity index (χ3n) is 4.74. The molecule has 1 heterocycles. The summed E-state index contributed by atoms with van der Waals surface area (Å²) in [5.41, 5.74) is 0.601. The van der Waals surface area contributed by atoms with Crippen LogP contribution in [0.4, 0.5) is 13.2 Å². The smallest absolute Gasteiger partial charge is 0.489 e. The van der Waals surface area contributed by atoms with Gasteiger partial charge in [-0.3, -0.25) is 9.59 Å². The van der Waals surface area contributed by atoms with Crippen LogP contribution in [0.3, 0.4) is 0 Å². The molecule has 0 aromatic heterocycles. The summed E-state index contributed by atoms with van der Waals surface area (Å²) in [5, 5.41) is 13.3. The second kappa shape index (κ2) is 15.7. The second-order valence-corrected chi connectivity index (χ2v) is 7.53. The van der Waals surface area contributed by atoms with Gasteiger partial charge in [-0.1, -0.05) is 37.1 Å². The number of carboxylic acid groups (broad SMARTS) is 1. The van der Waals surface area contributed by atoms with E-state index in [-0.39, 0.29) is 11.8 Å². The number of ether oxygens (including phenoxy) is 1. The first-order chi connectivity index (χ1) is 16.1. The Morgan fingerprint density at radius 2 is 1.74 bits per heavy atom. The quantitative estimate of drug-likeness (QED) is 0.486. The molecule has 0 aliphatic carbocycles. The third kappa shape index (κ3) is 12.2. The van der Waals surface area contributed by atoms with E-state index in [1.807, 2.05) is 43.5 Å². The molecule has 3 N–H and O–H groups in total. The van der Waals surface area contributed by atoms with Crippen molar-refractivity contribution in [2.75, 3.05) is 39.8 Å². The minimum Gasteiger partial charge on any atom is -0.489 e. The molecule has 1 aromatic carbocycles. The van der Waals surface area contributed by atoms with Crippen LogP contribution in [0.25, 0.3) is 0 Å². The van der Waals surface area contributed by atoms with Crippen molar-refractivity contribution in [3.8, 4) is 5.75 Å². The van der Waals surface area contributed by atoms with Gasteiger partial charge < -0.3 is 25.4 Å². The number of aliphatic carboxylic acids is 1. The molecule has 0 saturated heterocycles. The SMILES string of the molecule is CN1CCCCCCNC(=O)CCNC/C=C\COc2ccccc2C1=O.O=C(O)C(F)(F)F. The maximum absolute atomic E-state index is 12.7. The van der Waals surface area contributed by atoms with Gasteiger partial charge in [0.15, 0.2) is 0 Å². The molecule has 11 heteroatoms. The molecule has 1 aliphatic heterocycles. The maximum Gasteiger partial charge on any atom is 0.490 e. The number of amides is 2. The summed E-state index contributed by atoms with van der Waals surface area (Å²) in [6, 6.07) is 7.38. The van der Waals surface area contributed by atoms with E-state index in [1.165, 1.54) is 0 Å². The fourth-order valence-electron chi connectivity index (χ4n) is 2.90. The van der Waals surface area contributed by atoms with Crippen LogP contribution in [0, 0.1) is 0 Å². The summed E-state index contributed by atoms with van der Waals surface area (Å²) in [5.74, 6) is -2.07. The highest BCUT2D eigenvalue weighted by molar-refractivity contribution is 5.96. The van der Waals surface area contributed by atoms with Crippen molar-refractivity contribution in [1.82, 2.24) is 15.5 Å². The first kappa shape index (κ1) is 29.0. The van der Waals surface area contributed by atoms with Crippen LogP contribution < -0.4 is 15.4 Å². The minimum absolute atomic E-state index is 0.0158. The number of carbonyl (C=O) groups is 3. The van der Waals surface area contributed by atoms with Crippen molar-refractivity contribution in [2.45, 2.75) is 38.3 Å². The highest BCUT2D eigenvalue weighted by Gasteiger charge is 2.38. The van der Waals surface area contributed by atoms with Gasteiger partial charge in [0.1, 0.15) is 12.4 Å². The fraction of sp³-hybridized carbons (Fsp3) is 0.522. The summed E-state index contributed by atoms with van der Waals surface area (Å²) < 4.78 is 37.5. The van der Waals surface area contributed by atoms with Crippen molar-refractivity contribution in [2.24, 2.45) is 0 Å². The minimum atomic E-state index is -5.08. The summed E-state index contributed by atoms with van der Waals surface area (Å²) in [4.78, 5) is 35.1. The van der Waals surface area contributed by atoms with Gasteiger partial charge in [0.2, 0.25) is 5.91 Å². The standard InChI is InChI=1S/C21H31N3O3.C2HF3O2/c1-24-16-8-3-2-6-14-23-20(25)12-15-22-13-7-9-17-27-19-11-5-4-10-18(19)21(24)26;3-2(4,5)1(6)7/h4-5,7,9-11,22H,2-3,6,8,12-17H2,1H3,(H,23,25);(H,6,7)/b9-7-;. The van der Waals surface area contributed by atoms with Crippen LogP contribution in [0.1, 0.15) is 42.5 Å². The molecule has 34 heavy (non-hydrogen) atoms. The fourth-order valence-corrected chi connectivity index (χ4v) is 2.90. The molecule has 2 rings (SSSR count). The number of fused-ring (bicyclic) bond motifs is 1. The Morgan fingerprint density at radius 3 is 2.44 bits per heavy atom. The molecule has 0 saturated carbocycles. The summed E-state index contributed by atoms with van der Waals surface area (Å²) in [7, 11) is 1.83. The van der Waals surface area contributed by atoms with E-state index in [1.54, 1.807) is 4.90 Å². The van der Waals surface area contributed by atoms with Crippen LogP contribution in [-0.2, 0) is 9.59 Å². The largest absolute Gasteiger partial charge is 0.490 e.